The number of carbonyl (C=O) groups excluding carboxylic acids is 1. The lowest BCUT2D eigenvalue weighted by atomic mass is 9.99. The molecular weight excluding hydrogens is 396 g/mol. The number of hydrogen-bond acceptors (Lipinski definition) is 7. The highest BCUT2D eigenvalue weighted by molar-refractivity contribution is 7.90. The predicted molar refractivity (Wildman–Crippen MR) is 105 cm³/mol. The Labute approximate surface area is 168 Å². The van der Waals surface area contributed by atoms with Crippen LogP contribution in [0.1, 0.15) is 35.1 Å². The van der Waals surface area contributed by atoms with Crippen LogP contribution in [0.4, 0.5) is 10.5 Å². The molecule has 0 fully saturated rings. The van der Waals surface area contributed by atoms with E-state index in [1.54, 1.807) is 0 Å². The Morgan fingerprint density at radius 2 is 1.62 bits per heavy atom. The number of carbonyl (C=O) groups is 1. The Balaban J connectivity index is 1.62. The molecule has 154 valence electrons. The zero-order chi connectivity index (χ0) is 20.6. The summed E-state index contributed by atoms with van der Waals surface area (Å²) in [5.41, 5.74) is 5.48. The molecule has 0 spiro atoms. The van der Waals surface area contributed by atoms with Gasteiger partial charge in [-0.1, -0.05) is 6.07 Å². The van der Waals surface area contributed by atoms with Crippen molar-refractivity contribution in [2.75, 3.05) is 19.5 Å². The topological polar surface area (TPSA) is 120 Å². The first kappa shape index (κ1) is 19.4. The molecule has 2 aliphatic rings. The van der Waals surface area contributed by atoms with E-state index in [4.69, 9.17) is 9.47 Å². The van der Waals surface area contributed by atoms with Gasteiger partial charge in [-0.2, -0.15) is 0 Å². The average Bonchev–Trinajstić information content (AvgIpc) is 3.36. The fourth-order valence-corrected chi connectivity index (χ4v) is 5.08. The van der Waals surface area contributed by atoms with E-state index >= 15 is 0 Å². The minimum Gasteiger partial charge on any atom is -0.480 e. The van der Waals surface area contributed by atoms with Crippen LogP contribution in [0.3, 0.4) is 0 Å². The molecule has 2 aliphatic carbocycles. The second-order valence-electron chi connectivity index (χ2n) is 7.05. The summed E-state index contributed by atoms with van der Waals surface area (Å²) < 4.78 is 37.5. The predicted octanol–water partition coefficient (Wildman–Crippen LogP) is 1.98. The molecule has 0 radical (unpaired) electrons. The number of nitrogens with one attached hydrogen (secondary N) is 2. The third-order valence-corrected chi connectivity index (χ3v) is 6.66. The van der Waals surface area contributed by atoms with E-state index in [9.17, 15) is 13.2 Å². The number of urea groups is 1. The SMILES string of the molecule is COc1cc(S(=O)(=O)NC(=O)Nc2c3c(cc4c2CCC4)CCC3)c(OC)nn1. The number of aryl methyl sites for hydroxylation is 2. The van der Waals surface area contributed by atoms with E-state index in [-0.39, 0.29) is 16.7 Å². The molecule has 1 heterocycles. The second kappa shape index (κ2) is 7.51. The van der Waals surface area contributed by atoms with Gasteiger partial charge in [-0.05, 0) is 60.8 Å². The van der Waals surface area contributed by atoms with E-state index in [2.05, 4.69) is 21.6 Å². The molecule has 0 atom stereocenters. The number of ether oxygens (including phenoxy) is 2. The van der Waals surface area contributed by atoms with Crippen LogP contribution in [0.15, 0.2) is 17.0 Å². The number of anilines is 1. The summed E-state index contributed by atoms with van der Waals surface area (Å²) in [6.07, 6.45) is 5.79. The first-order valence-electron chi connectivity index (χ1n) is 9.39. The van der Waals surface area contributed by atoms with E-state index < -0.39 is 16.1 Å². The second-order valence-corrected chi connectivity index (χ2v) is 8.70. The van der Waals surface area contributed by atoms with Gasteiger partial charge in [0.2, 0.25) is 5.88 Å². The summed E-state index contributed by atoms with van der Waals surface area (Å²) in [4.78, 5) is 12.3. The van der Waals surface area contributed by atoms with Gasteiger partial charge in [0.1, 0.15) is 0 Å². The van der Waals surface area contributed by atoms with Crippen molar-refractivity contribution in [2.45, 2.75) is 43.4 Å². The first-order valence-corrected chi connectivity index (χ1v) is 10.9. The van der Waals surface area contributed by atoms with Gasteiger partial charge in [0.25, 0.3) is 15.9 Å². The third-order valence-electron chi connectivity index (χ3n) is 5.34. The quantitative estimate of drug-likeness (QED) is 0.762. The van der Waals surface area contributed by atoms with Crippen molar-refractivity contribution in [3.05, 3.63) is 34.4 Å². The van der Waals surface area contributed by atoms with E-state index in [1.165, 1.54) is 25.3 Å². The molecule has 9 nitrogen and oxygen atoms in total. The molecule has 2 aromatic rings. The highest BCUT2D eigenvalue weighted by Crippen LogP contribution is 2.38. The maximum atomic E-state index is 12.8. The summed E-state index contributed by atoms with van der Waals surface area (Å²) in [6.45, 7) is 0. The highest BCUT2D eigenvalue weighted by atomic mass is 32.2. The van der Waals surface area contributed by atoms with E-state index in [1.807, 2.05) is 4.72 Å². The zero-order valence-electron chi connectivity index (χ0n) is 16.2. The number of hydrogen-bond donors (Lipinski definition) is 2. The molecule has 0 saturated heterocycles. The Hall–Kier alpha value is -2.88. The van der Waals surface area contributed by atoms with Crippen LogP contribution in [0, 0.1) is 0 Å². The smallest absolute Gasteiger partial charge is 0.333 e. The lowest BCUT2D eigenvalue weighted by Gasteiger charge is -2.17. The minimum absolute atomic E-state index is 0.00900. The number of aromatic nitrogens is 2. The number of amides is 2. The van der Waals surface area contributed by atoms with E-state index in [0.717, 1.165) is 61.4 Å². The molecule has 0 saturated carbocycles. The van der Waals surface area contributed by atoms with Crippen LogP contribution < -0.4 is 19.5 Å². The van der Waals surface area contributed by atoms with Crippen LogP contribution in [-0.4, -0.2) is 38.9 Å². The molecule has 4 rings (SSSR count). The molecule has 29 heavy (non-hydrogen) atoms. The summed E-state index contributed by atoms with van der Waals surface area (Å²) in [6, 6.07) is 2.57. The Morgan fingerprint density at radius 1 is 0.966 bits per heavy atom. The van der Waals surface area contributed by atoms with Crippen molar-refractivity contribution in [1.29, 1.82) is 0 Å². The Bertz CT molecular complexity index is 1050. The summed E-state index contributed by atoms with van der Waals surface area (Å²) in [7, 11) is -1.65. The normalized spacial score (nSPS) is 14.8. The number of fused-ring (bicyclic) bond motifs is 2. The molecule has 1 aromatic carbocycles. The van der Waals surface area contributed by atoms with Crippen LogP contribution >= 0.6 is 0 Å². The van der Waals surface area contributed by atoms with Gasteiger partial charge < -0.3 is 14.8 Å². The lowest BCUT2D eigenvalue weighted by molar-refractivity contribution is 0.256. The molecule has 2 amide bonds. The maximum Gasteiger partial charge on any atom is 0.333 e. The monoisotopic (exact) mass is 418 g/mol. The molecule has 0 aliphatic heterocycles. The molecule has 2 N–H and O–H groups in total. The first-order chi connectivity index (χ1) is 13.9. The molecule has 0 unspecified atom stereocenters. The van der Waals surface area contributed by atoms with Gasteiger partial charge in [-0.15, -0.1) is 10.2 Å². The van der Waals surface area contributed by atoms with Gasteiger partial charge in [0, 0.05) is 11.8 Å². The average molecular weight is 418 g/mol. The number of methoxy groups -OCH3 is 2. The van der Waals surface area contributed by atoms with Gasteiger partial charge >= 0.3 is 6.03 Å². The number of benzene rings is 1. The summed E-state index contributed by atoms with van der Waals surface area (Å²) in [5, 5.41) is 10.1. The van der Waals surface area contributed by atoms with Crippen LogP contribution in [0.25, 0.3) is 0 Å². The molecule has 1 aromatic heterocycles. The fourth-order valence-electron chi connectivity index (χ4n) is 4.06. The highest BCUT2D eigenvalue weighted by Gasteiger charge is 2.28. The van der Waals surface area contributed by atoms with Crippen molar-refractivity contribution in [3.63, 3.8) is 0 Å². The van der Waals surface area contributed by atoms with Crippen molar-refractivity contribution in [3.8, 4) is 11.8 Å². The largest absolute Gasteiger partial charge is 0.480 e. The molecule has 0 bridgehead atoms. The Kier molecular flexibility index (Phi) is 5.03. The number of nitrogens with zero attached hydrogens (tertiary/aromatic N) is 2. The van der Waals surface area contributed by atoms with Crippen LogP contribution in [0.2, 0.25) is 0 Å². The lowest BCUT2D eigenvalue weighted by Crippen LogP contribution is -2.35. The number of sulfonamides is 1. The van der Waals surface area contributed by atoms with Crippen molar-refractivity contribution in [2.24, 2.45) is 0 Å². The summed E-state index contributed by atoms with van der Waals surface area (Å²) in [5.74, 6) is -0.238. The summed E-state index contributed by atoms with van der Waals surface area (Å²) >= 11 is 0. The standard InChI is InChI=1S/C19H22N4O5S/c1-27-16-10-15(18(28-2)22-21-16)29(25,26)23-19(24)20-17-13-7-3-5-11(13)9-12-6-4-8-14(12)17/h9-10H,3-8H2,1-2H3,(H2,20,23,24). The van der Waals surface area contributed by atoms with Crippen molar-refractivity contribution < 1.29 is 22.7 Å². The Morgan fingerprint density at radius 3 is 2.21 bits per heavy atom. The third kappa shape index (κ3) is 3.59. The van der Waals surface area contributed by atoms with Crippen LogP contribution in [0.5, 0.6) is 11.8 Å². The van der Waals surface area contributed by atoms with Gasteiger partial charge in [-0.3, -0.25) is 0 Å². The van der Waals surface area contributed by atoms with Crippen molar-refractivity contribution >= 4 is 21.7 Å². The van der Waals surface area contributed by atoms with Crippen LogP contribution in [-0.2, 0) is 35.7 Å². The minimum atomic E-state index is -4.25. The molecule has 10 heteroatoms. The number of rotatable bonds is 5. The fraction of sp³-hybridized carbons (Fsp3) is 0.421. The van der Waals surface area contributed by atoms with Gasteiger partial charge in [-0.25, -0.2) is 17.9 Å². The van der Waals surface area contributed by atoms with Gasteiger partial charge in [0.05, 0.1) is 14.2 Å². The van der Waals surface area contributed by atoms with Crippen molar-refractivity contribution in [1.82, 2.24) is 14.9 Å². The zero-order valence-corrected chi connectivity index (χ0v) is 17.1. The van der Waals surface area contributed by atoms with Gasteiger partial charge in [0.15, 0.2) is 4.90 Å². The van der Waals surface area contributed by atoms with E-state index in [0.29, 0.717) is 0 Å². The molecular formula is C19H22N4O5S. The maximum absolute atomic E-state index is 12.8.